The summed E-state index contributed by atoms with van der Waals surface area (Å²) in [6.45, 7) is 2.10. The lowest BCUT2D eigenvalue weighted by Crippen LogP contribution is -2.43. The van der Waals surface area contributed by atoms with Gasteiger partial charge in [0.25, 0.3) is 5.91 Å². The lowest BCUT2D eigenvalue weighted by Gasteiger charge is -2.33. The minimum atomic E-state index is -0.0666. The second kappa shape index (κ2) is 10.1. The van der Waals surface area contributed by atoms with Crippen LogP contribution in [0.2, 0.25) is 0 Å². The number of carbonyl (C=O) groups is 2. The fraction of sp³-hybridized carbons (Fsp3) is 0.320. The van der Waals surface area contributed by atoms with E-state index in [1.807, 2.05) is 53.6 Å². The van der Waals surface area contributed by atoms with Gasteiger partial charge in [-0.15, -0.1) is 0 Å². The number of benzene rings is 2. The van der Waals surface area contributed by atoms with Crippen LogP contribution in [-0.2, 0) is 11.2 Å². The van der Waals surface area contributed by atoms with Crippen molar-refractivity contribution in [1.29, 1.82) is 0 Å². The first-order valence-electron chi connectivity index (χ1n) is 10.9. The molecule has 0 spiro atoms. The zero-order valence-corrected chi connectivity index (χ0v) is 17.6. The lowest BCUT2D eigenvalue weighted by atomic mass is 9.97. The first kappa shape index (κ1) is 20.8. The van der Waals surface area contributed by atoms with Gasteiger partial charge in [-0.3, -0.25) is 14.7 Å². The van der Waals surface area contributed by atoms with E-state index in [0.717, 1.165) is 36.1 Å². The van der Waals surface area contributed by atoms with E-state index >= 15 is 0 Å². The van der Waals surface area contributed by atoms with Gasteiger partial charge in [0.15, 0.2) is 0 Å². The number of carbonyl (C=O) groups excluding carboxylic acids is 2. The molecule has 1 aromatic heterocycles. The van der Waals surface area contributed by atoms with Crippen molar-refractivity contribution in [2.75, 3.05) is 19.6 Å². The number of H-pyrrole nitrogens is 1. The molecule has 2 heterocycles. The monoisotopic (exact) mass is 416 g/mol. The van der Waals surface area contributed by atoms with Gasteiger partial charge in [0.1, 0.15) is 0 Å². The molecule has 6 nitrogen and oxygen atoms in total. The van der Waals surface area contributed by atoms with Gasteiger partial charge < -0.3 is 10.2 Å². The molecule has 6 heteroatoms. The molecule has 1 fully saturated rings. The van der Waals surface area contributed by atoms with Crippen molar-refractivity contribution in [3.63, 3.8) is 0 Å². The van der Waals surface area contributed by atoms with Gasteiger partial charge in [-0.25, -0.2) is 0 Å². The Hall–Kier alpha value is -3.41. The van der Waals surface area contributed by atoms with Crippen molar-refractivity contribution >= 4 is 11.8 Å². The largest absolute Gasteiger partial charge is 0.352 e. The maximum absolute atomic E-state index is 12.6. The third-order valence-corrected chi connectivity index (χ3v) is 5.86. The smallest absolute Gasteiger partial charge is 0.251 e. The van der Waals surface area contributed by atoms with E-state index in [0.29, 0.717) is 37.4 Å². The van der Waals surface area contributed by atoms with Crippen molar-refractivity contribution in [3.8, 4) is 11.1 Å². The molecule has 4 rings (SSSR count). The number of amides is 2. The van der Waals surface area contributed by atoms with Crippen molar-refractivity contribution in [3.05, 3.63) is 78.1 Å². The van der Waals surface area contributed by atoms with Gasteiger partial charge in [-0.2, -0.15) is 5.10 Å². The highest BCUT2D eigenvalue weighted by atomic mass is 16.2. The highest BCUT2D eigenvalue weighted by Crippen LogP contribution is 2.20. The van der Waals surface area contributed by atoms with Crippen LogP contribution >= 0.6 is 0 Å². The average molecular weight is 417 g/mol. The molecular weight excluding hydrogens is 388 g/mol. The number of nitrogens with zero attached hydrogens (tertiary/aromatic N) is 2. The highest BCUT2D eigenvalue weighted by Gasteiger charge is 2.24. The zero-order valence-electron chi connectivity index (χ0n) is 17.6. The summed E-state index contributed by atoms with van der Waals surface area (Å²) < 4.78 is 0. The molecule has 160 valence electrons. The molecular formula is C25H28N4O2. The normalized spacial score (nSPS) is 16.1. The van der Waals surface area contributed by atoms with E-state index in [4.69, 9.17) is 0 Å². The van der Waals surface area contributed by atoms with Crippen molar-refractivity contribution < 1.29 is 9.59 Å². The molecule has 2 aromatic carbocycles. The molecule has 3 aromatic rings. The molecule has 0 bridgehead atoms. The molecule has 0 saturated carbocycles. The predicted octanol–water partition coefficient (Wildman–Crippen LogP) is 3.68. The summed E-state index contributed by atoms with van der Waals surface area (Å²) in [5.41, 5.74) is 3.93. The Morgan fingerprint density at radius 3 is 2.58 bits per heavy atom. The molecule has 31 heavy (non-hydrogen) atoms. The lowest BCUT2D eigenvalue weighted by molar-refractivity contribution is -0.132. The number of aromatic nitrogens is 2. The van der Waals surface area contributed by atoms with E-state index in [1.165, 1.54) is 0 Å². The molecule has 1 aliphatic rings. The summed E-state index contributed by atoms with van der Waals surface area (Å²) >= 11 is 0. The summed E-state index contributed by atoms with van der Waals surface area (Å²) in [6.07, 6.45) is 6.78. The Balaban J connectivity index is 1.25. The Labute approximate surface area is 182 Å². The second-order valence-electron chi connectivity index (χ2n) is 8.11. The van der Waals surface area contributed by atoms with Gasteiger partial charge in [0.05, 0.1) is 6.20 Å². The van der Waals surface area contributed by atoms with Crippen LogP contribution in [0.25, 0.3) is 11.1 Å². The molecule has 2 amide bonds. The van der Waals surface area contributed by atoms with Crippen LogP contribution in [0.5, 0.6) is 0 Å². The minimum Gasteiger partial charge on any atom is -0.352 e. The molecule has 0 aliphatic carbocycles. The first-order chi connectivity index (χ1) is 15.2. The van der Waals surface area contributed by atoms with Gasteiger partial charge >= 0.3 is 0 Å². The number of likely N-dealkylation sites (tertiary alicyclic amines) is 1. The summed E-state index contributed by atoms with van der Waals surface area (Å²) in [5, 5.41) is 9.75. The van der Waals surface area contributed by atoms with Crippen LogP contribution in [0.4, 0.5) is 0 Å². The van der Waals surface area contributed by atoms with Gasteiger partial charge in [0, 0.05) is 37.8 Å². The van der Waals surface area contributed by atoms with E-state index in [-0.39, 0.29) is 11.8 Å². The van der Waals surface area contributed by atoms with Crippen LogP contribution in [-0.4, -0.2) is 46.5 Å². The molecule has 1 saturated heterocycles. The standard InChI is InChI=1S/C25H28N4O2/c30-24(13-8-19-16-27-28-17-19)29-14-4-5-20(18-29)15-26-25(31)23-11-9-22(10-12-23)21-6-2-1-3-7-21/h1-3,6-7,9-12,16-17,20H,4-5,8,13-15,18H2,(H,26,31)(H,27,28)/t20-/m1/s1. The number of piperidine rings is 1. The Morgan fingerprint density at radius 2 is 1.84 bits per heavy atom. The van der Waals surface area contributed by atoms with E-state index in [2.05, 4.69) is 27.6 Å². The number of rotatable bonds is 7. The SMILES string of the molecule is O=C(NC[C@H]1CCCN(C(=O)CCc2cn[nH]c2)C1)c1ccc(-c2ccccc2)cc1. The van der Waals surface area contributed by atoms with Crippen molar-refractivity contribution in [2.45, 2.75) is 25.7 Å². The van der Waals surface area contributed by atoms with Gasteiger partial charge in [-0.1, -0.05) is 42.5 Å². The summed E-state index contributed by atoms with van der Waals surface area (Å²) in [7, 11) is 0. The number of aromatic amines is 1. The maximum atomic E-state index is 12.6. The fourth-order valence-corrected chi connectivity index (χ4v) is 4.07. The fourth-order valence-electron chi connectivity index (χ4n) is 4.07. The number of hydrogen-bond acceptors (Lipinski definition) is 3. The molecule has 1 aliphatic heterocycles. The molecule has 0 unspecified atom stereocenters. The third kappa shape index (κ3) is 5.60. The average Bonchev–Trinajstić information content (AvgIpc) is 3.35. The maximum Gasteiger partial charge on any atom is 0.251 e. The summed E-state index contributed by atoms with van der Waals surface area (Å²) in [5.74, 6) is 0.399. The molecule has 1 atom stereocenters. The Bertz CT molecular complexity index is 984. The van der Waals surface area contributed by atoms with Crippen LogP contribution < -0.4 is 5.32 Å². The molecule has 2 N–H and O–H groups in total. The third-order valence-electron chi connectivity index (χ3n) is 5.86. The Kier molecular flexibility index (Phi) is 6.77. The number of aryl methyl sites for hydroxylation is 1. The van der Waals surface area contributed by atoms with Crippen molar-refractivity contribution in [2.24, 2.45) is 5.92 Å². The van der Waals surface area contributed by atoms with Crippen molar-refractivity contribution in [1.82, 2.24) is 20.4 Å². The minimum absolute atomic E-state index is 0.0666. The van der Waals surface area contributed by atoms with Gasteiger partial charge in [-0.05, 0) is 54.0 Å². The topological polar surface area (TPSA) is 78.1 Å². The van der Waals surface area contributed by atoms with Crippen LogP contribution in [0, 0.1) is 5.92 Å². The first-order valence-corrected chi connectivity index (χ1v) is 10.9. The Morgan fingerprint density at radius 1 is 1.06 bits per heavy atom. The van der Waals surface area contributed by atoms with E-state index < -0.39 is 0 Å². The summed E-state index contributed by atoms with van der Waals surface area (Å²) in [4.78, 5) is 27.1. The highest BCUT2D eigenvalue weighted by molar-refractivity contribution is 5.94. The van der Waals surface area contributed by atoms with E-state index in [1.54, 1.807) is 6.20 Å². The quantitative estimate of drug-likeness (QED) is 0.617. The van der Waals surface area contributed by atoms with Crippen LogP contribution in [0.15, 0.2) is 67.0 Å². The second-order valence-corrected chi connectivity index (χ2v) is 8.11. The molecule has 0 radical (unpaired) electrons. The number of hydrogen-bond donors (Lipinski definition) is 2. The zero-order chi connectivity index (χ0) is 21.5. The van der Waals surface area contributed by atoms with E-state index in [9.17, 15) is 9.59 Å². The number of nitrogens with one attached hydrogen (secondary N) is 2. The van der Waals surface area contributed by atoms with Crippen LogP contribution in [0.1, 0.15) is 35.2 Å². The predicted molar refractivity (Wildman–Crippen MR) is 120 cm³/mol. The summed E-state index contributed by atoms with van der Waals surface area (Å²) in [6, 6.07) is 17.8. The van der Waals surface area contributed by atoms with Gasteiger partial charge in [0.2, 0.25) is 5.91 Å². The van der Waals surface area contributed by atoms with Crippen LogP contribution in [0.3, 0.4) is 0 Å².